The molecule has 0 radical (unpaired) electrons. The van der Waals surface area contributed by atoms with E-state index in [9.17, 15) is 22.8 Å². The molecule has 8 heteroatoms. The molecule has 1 aliphatic heterocycles. The highest BCUT2D eigenvalue weighted by molar-refractivity contribution is 7.10. The smallest absolute Gasteiger partial charge is 0.333 e. The summed E-state index contributed by atoms with van der Waals surface area (Å²) in [7, 11) is 1.60. The zero-order valence-electron chi connectivity index (χ0n) is 15.8. The summed E-state index contributed by atoms with van der Waals surface area (Å²) in [5, 5.41) is 4.30. The summed E-state index contributed by atoms with van der Waals surface area (Å²) in [5.41, 5.74) is -0.352. The number of hydrogen-bond acceptors (Lipinski definition) is 3. The number of hydrogen-bond donors (Lipinski definition) is 1. The molecule has 1 aliphatic rings. The van der Waals surface area contributed by atoms with E-state index in [1.807, 2.05) is 17.5 Å². The molecule has 2 aromatic carbocycles. The fourth-order valence-corrected chi connectivity index (χ4v) is 4.73. The fraction of sp³-hybridized carbons (Fsp3) is 0.182. The number of nitrogens with one attached hydrogen (secondary N) is 1. The van der Waals surface area contributed by atoms with Crippen molar-refractivity contribution in [2.45, 2.75) is 18.1 Å². The molecule has 1 aromatic heterocycles. The van der Waals surface area contributed by atoms with E-state index in [4.69, 9.17) is 0 Å². The van der Waals surface area contributed by atoms with Crippen LogP contribution in [-0.2, 0) is 11.0 Å². The minimum absolute atomic E-state index is 0.233. The molecular weight excluding hydrogens is 413 g/mol. The molecule has 1 N–H and O–H groups in total. The summed E-state index contributed by atoms with van der Waals surface area (Å²) < 4.78 is 40.2. The molecule has 154 valence electrons. The first-order chi connectivity index (χ1) is 14.3. The van der Waals surface area contributed by atoms with Crippen LogP contribution in [-0.4, -0.2) is 23.8 Å². The maximum atomic E-state index is 13.4. The Bertz CT molecular complexity index is 1100. The maximum absolute atomic E-state index is 13.4. The van der Waals surface area contributed by atoms with E-state index in [1.54, 1.807) is 31.3 Å². The van der Waals surface area contributed by atoms with Crippen LogP contribution >= 0.6 is 11.3 Å². The van der Waals surface area contributed by atoms with Gasteiger partial charge in [0, 0.05) is 17.5 Å². The second-order valence-corrected chi connectivity index (χ2v) is 7.95. The number of fused-ring (bicyclic) bond motifs is 1. The lowest BCUT2D eigenvalue weighted by molar-refractivity contribution is -0.137. The van der Waals surface area contributed by atoms with Gasteiger partial charge in [-0.3, -0.25) is 9.59 Å². The number of amides is 2. The second-order valence-electron chi connectivity index (χ2n) is 6.97. The van der Waals surface area contributed by atoms with Crippen LogP contribution in [0, 0.1) is 0 Å². The number of anilines is 1. The molecule has 0 aliphatic carbocycles. The number of alkyl halides is 3. The van der Waals surface area contributed by atoms with Gasteiger partial charge in [-0.1, -0.05) is 36.4 Å². The SMILES string of the molecule is CN1C(=O)c2ccccc2[C@H](C(=O)Nc2ccccc2C(F)(F)F)[C@H]1c1cccs1. The zero-order chi connectivity index (χ0) is 21.5. The molecule has 30 heavy (non-hydrogen) atoms. The third kappa shape index (κ3) is 3.47. The summed E-state index contributed by atoms with van der Waals surface area (Å²) in [5.74, 6) is -1.69. The van der Waals surface area contributed by atoms with E-state index < -0.39 is 29.6 Å². The average Bonchev–Trinajstić information content (AvgIpc) is 3.24. The van der Waals surface area contributed by atoms with Gasteiger partial charge >= 0.3 is 6.18 Å². The Balaban J connectivity index is 1.80. The Morgan fingerprint density at radius 2 is 1.73 bits per heavy atom. The number of benzene rings is 2. The van der Waals surface area contributed by atoms with E-state index in [2.05, 4.69) is 5.32 Å². The number of halogens is 3. The van der Waals surface area contributed by atoms with Gasteiger partial charge in [0.25, 0.3) is 5.91 Å². The average molecular weight is 430 g/mol. The van der Waals surface area contributed by atoms with Crippen molar-refractivity contribution >= 4 is 28.8 Å². The van der Waals surface area contributed by atoms with Gasteiger partial charge in [-0.05, 0) is 35.2 Å². The van der Waals surface area contributed by atoms with E-state index in [0.29, 0.717) is 11.1 Å². The Morgan fingerprint density at radius 1 is 1.03 bits per heavy atom. The van der Waals surface area contributed by atoms with Crippen LogP contribution in [0.4, 0.5) is 18.9 Å². The van der Waals surface area contributed by atoms with Gasteiger partial charge in [0.2, 0.25) is 5.91 Å². The van der Waals surface area contributed by atoms with Gasteiger partial charge < -0.3 is 10.2 Å². The van der Waals surface area contributed by atoms with Crippen LogP contribution in [0.3, 0.4) is 0 Å². The van der Waals surface area contributed by atoms with Crippen molar-refractivity contribution in [1.29, 1.82) is 0 Å². The molecule has 0 spiro atoms. The molecule has 2 amide bonds. The first-order valence-electron chi connectivity index (χ1n) is 9.15. The van der Waals surface area contributed by atoms with Crippen molar-refractivity contribution < 1.29 is 22.8 Å². The van der Waals surface area contributed by atoms with Gasteiger partial charge in [0.05, 0.1) is 23.2 Å². The van der Waals surface area contributed by atoms with Crippen molar-refractivity contribution in [2.24, 2.45) is 0 Å². The lowest BCUT2D eigenvalue weighted by Crippen LogP contribution is -2.43. The van der Waals surface area contributed by atoms with Crippen molar-refractivity contribution in [1.82, 2.24) is 4.90 Å². The van der Waals surface area contributed by atoms with Gasteiger partial charge in [-0.15, -0.1) is 11.3 Å². The standard InChI is InChI=1S/C22H17F3N2O2S/c1-27-19(17-11-6-12-30-17)18(13-7-2-3-8-14(13)21(27)29)20(28)26-16-10-5-4-9-15(16)22(23,24)25/h2-12,18-19H,1H3,(H,26,28)/t18-,19+/m0/s1. The number of carbonyl (C=O) groups is 2. The van der Waals surface area contributed by atoms with Crippen molar-refractivity contribution in [3.63, 3.8) is 0 Å². The van der Waals surface area contributed by atoms with Crippen LogP contribution in [0.15, 0.2) is 66.0 Å². The predicted octanol–water partition coefficient (Wildman–Crippen LogP) is 5.32. The van der Waals surface area contributed by atoms with E-state index in [1.165, 1.54) is 34.4 Å². The van der Waals surface area contributed by atoms with Gasteiger partial charge in [-0.2, -0.15) is 13.2 Å². The highest BCUT2D eigenvalue weighted by Gasteiger charge is 2.43. The predicted molar refractivity (Wildman–Crippen MR) is 108 cm³/mol. The minimum atomic E-state index is -4.60. The molecule has 2 atom stereocenters. The normalized spacial score (nSPS) is 18.8. The van der Waals surface area contributed by atoms with Crippen molar-refractivity contribution in [3.8, 4) is 0 Å². The summed E-state index contributed by atoms with van der Waals surface area (Å²) in [4.78, 5) is 28.5. The summed E-state index contributed by atoms with van der Waals surface area (Å²) >= 11 is 1.39. The van der Waals surface area contributed by atoms with Crippen LogP contribution in [0.2, 0.25) is 0 Å². The Morgan fingerprint density at radius 3 is 2.43 bits per heavy atom. The van der Waals surface area contributed by atoms with Gasteiger partial charge in [0.1, 0.15) is 0 Å². The maximum Gasteiger partial charge on any atom is 0.418 e. The lowest BCUT2D eigenvalue weighted by Gasteiger charge is -2.39. The number of likely N-dealkylation sites (N-methyl/N-ethyl adjacent to an activating group) is 1. The van der Waals surface area contributed by atoms with E-state index >= 15 is 0 Å². The third-order valence-corrected chi connectivity index (χ3v) is 6.13. The van der Waals surface area contributed by atoms with E-state index in [0.717, 1.165) is 10.9 Å². The highest BCUT2D eigenvalue weighted by atomic mass is 32.1. The number of rotatable bonds is 3. The summed E-state index contributed by atoms with van der Waals surface area (Å²) in [6.45, 7) is 0. The van der Waals surface area contributed by atoms with E-state index in [-0.39, 0.29) is 11.6 Å². The number of carbonyl (C=O) groups excluding carboxylic acids is 2. The highest BCUT2D eigenvalue weighted by Crippen LogP contribution is 2.44. The largest absolute Gasteiger partial charge is 0.418 e. The van der Waals surface area contributed by atoms with Crippen LogP contribution < -0.4 is 5.32 Å². The molecule has 4 nitrogen and oxygen atoms in total. The molecule has 2 heterocycles. The molecule has 4 rings (SSSR count). The van der Waals surface area contributed by atoms with Crippen LogP contribution in [0.1, 0.15) is 38.3 Å². The van der Waals surface area contributed by atoms with Crippen molar-refractivity contribution in [2.75, 3.05) is 12.4 Å². The quantitative estimate of drug-likeness (QED) is 0.612. The Hall–Kier alpha value is -3.13. The van der Waals surface area contributed by atoms with Crippen LogP contribution in [0.5, 0.6) is 0 Å². The van der Waals surface area contributed by atoms with Crippen LogP contribution in [0.25, 0.3) is 0 Å². The zero-order valence-corrected chi connectivity index (χ0v) is 16.6. The third-order valence-electron chi connectivity index (χ3n) is 5.19. The first-order valence-corrected chi connectivity index (χ1v) is 10.0. The molecule has 0 saturated carbocycles. The Labute approximate surface area is 174 Å². The minimum Gasteiger partial charge on any atom is -0.333 e. The lowest BCUT2D eigenvalue weighted by atomic mass is 9.81. The molecule has 0 unspecified atom stereocenters. The topological polar surface area (TPSA) is 49.4 Å². The van der Waals surface area contributed by atoms with Gasteiger partial charge in [-0.25, -0.2) is 0 Å². The Kier molecular flexibility index (Phi) is 5.11. The van der Waals surface area contributed by atoms with Gasteiger partial charge in [0.15, 0.2) is 0 Å². The molecule has 0 saturated heterocycles. The molecule has 0 bridgehead atoms. The summed E-state index contributed by atoms with van der Waals surface area (Å²) in [6.07, 6.45) is -4.60. The molecule has 3 aromatic rings. The molecule has 0 fully saturated rings. The number of para-hydroxylation sites is 1. The monoisotopic (exact) mass is 430 g/mol. The fourth-order valence-electron chi connectivity index (χ4n) is 3.82. The number of nitrogens with zero attached hydrogens (tertiary/aromatic N) is 1. The van der Waals surface area contributed by atoms with Crippen molar-refractivity contribution in [3.05, 3.63) is 87.6 Å². The summed E-state index contributed by atoms with van der Waals surface area (Å²) in [6, 6.07) is 14.6. The molecular formula is C22H17F3N2O2S. The second kappa shape index (κ2) is 7.60. The number of thiophene rings is 1. The first kappa shape index (κ1) is 20.2.